The molecule has 0 amide bonds. The Balaban J connectivity index is 1.95. The molecule has 0 aliphatic rings. The van der Waals surface area contributed by atoms with E-state index in [0.717, 1.165) is 34.5 Å². The van der Waals surface area contributed by atoms with Gasteiger partial charge in [0.2, 0.25) is 5.88 Å². The topological polar surface area (TPSA) is 22.1 Å². The highest BCUT2D eigenvalue weighted by atomic mass is 16.5. The van der Waals surface area contributed by atoms with E-state index in [1.54, 1.807) is 0 Å². The SMILES string of the molecule is CCOc1nc(-c2ccccc2)c2ccccc2c1Cc1ccccc1. The van der Waals surface area contributed by atoms with Gasteiger partial charge in [-0.25, -0.2) is 4.98 Å². The van der Waals surface area contributed by atoms with Crippen LogP contribution in [0.3, 0.4) is 0 Å². The zero-order valence-electron chi connectivity index (χ0n) is 14.9. The molecule has 0 saturated carbocycles. The molecule has 26 heavy (non-hydrogen) atoms. The lowest BCUT2D eigenvalue weighted by atomic mass is 9.96. The standard InChI is InChI=1S/C24H21NO/c1-2-26-24-22(17-18-11-5-3-6-12-18)20-15-9-10-16-21(20)23(25-24)19-13-7-4-8-14-19/h3-16H,2,17H2,1H3. The minimum Gasteiger partial charge on any atom is -0.478 e. The van der Waals surface area contributed by atoms with Gasteiger partial charge in [0.15, 0.2) is 0 Å². The maximum atomic E-state index is 5.97. The molecule has 1 heterocycles. The van der Waals surface area contributed by atoms with Gasteiger partial charge in [-0.2, -0.15) is 0 Å². The van der Waals surface area contributed by atoms with Crippen LogP contribution in [0.1, 0.15) is 18.1 Å². The molecule has 0 radical (unpaired) electrons. The smallest absolute Gasteiger partial charge is 0.218 e. The number of hydrogen-bond acceptors (Lipinski definition) is 2. The molecule has 4 rings (SSSR count). The Morgan fingerprint density at radius 2 is 1.35 bits per heavy atom. The molecular weight excluding hydrogens is 318 g/mol. The summed E-state index contributed by atoms with van der Waals surface area (Å²) in [7, 11) is 0. The number of benzene rings is 3. The van der Waals surface area contributed by atoms with E-state index < -0.39 is 0 Å². The summed E-state index contributed by atoms with van der Waals surface area (Å²) in [6.45, 7) is 2.60. The molecule has 4 aromatic rings. The van der Waals surface area contributed by atoms with E-state index in [1.165, 1.54) is 10.9 Å². The summed E-state index contributed by atoms with van der Waals surface area (Å²) in [6.07, 6.45) is 0.804. The highest BCUT2D eigenvalue weighted by Crippen LogP contribution is 2.35. The van der Waals surface area contributed by atoms with Crippen molar-refractivity contribution in [3.8, 4) is 17.1 Å². The molecule has 0 spiro atoms. The predicted molar refractivity (Wildman–Crippen MR) is 108 cm³/mol. The van der Waals surface area contributed by atoms with E-state index in [-0.39, 0.29) is 0 Å². The second-order valence-electron chi connectivity index (χ2n) is 6.25. The average molecular weight is 339 g/mol. The first-order valence-electron chi connectivity index (χ1n) is 9.00. The number of aromatic nitrogens is 1. The second kappa shape index (κ2) is 7.40. The summed E-state index contributed by atoms with van der Waals surface area (Å²) in [6, 6.07) is 29.3. The highest BCUT2D eigenvalue weighted by Gasteiger charge is 2.16. The minimum absolute atomic E-state index is 0.599. The molecule has 3 aromatic carbocycles. The number of ether oxygens (including phenoxy) is 1. The number of nitrogens with zero attached hydrogens (tertiary/aromatic N) is 1. The molecule has 0 aliphatic heterocycles. The van der Waals surface area contributed by atoms with E-state index in [1.807, 2.05) is 31.2 Å². The Kier molecular flexibility index (Phi) is 4.65. The fourth-order valence-corrected chi connectivity index (χ4v) is 3.34. The van der Waals surface area contributed by atoms with Gasteiger partial charge in [-0.05, 0) is 17.9 Å². The summed E-state index contributed by atoms with van der Waals surface area (Å²) in [5.41, 5.74) is 4.48. The lowest BCUT2D eigenvalue weighted by molar-refractivity contribution is 0.324. The Bertz CT molecular complexity index is 1010. The van der Waals surface area contributed by atoms with Crippen molar-refractivity contribution in [2.45, 2.75) is 13.3 Å². The molecule has 0 unspecified atom stereocenters. The van der Waals surface area contributed by atoms with Crippen molar-refractivity contribution >= 4 is 10.8 Å². The van der Waals surface area contributed by atoms with E-state index in [4.69, 9.17) is 9.72 Å². The number of hydrogen-bond donors (Lipinski definition) is 0. The normalized spacial score (nSPS) is 10.8. The van der Waals surface area contributed by atoms with Crippen LogP contribution in [0, 0.1) is 0 Å². The lowest BCUT2D eigenvalue weighted by Crippen LogP contribution is -2.03. The maximum Gasteiger partial charge on any atom is 0.218 e. The van der Waals surface area contributed by atoms with Crippen molar-refractivity contribution in [1.29, 1.82) is 0 Å². The zero-order valence-corrected chi connectivity index (χ0v) is 14.9. The Labute approximate surface area is 154 Å². The largest absolute Gasteiger partial charge is 0.478 e. The van der Waals surface area contributed by atoms with Crippen LogP contribution < -0.4 is 4.74 Å². The van der Waals surface area contributed by atoms with Gasteiger partial charge >= 0.3 is 0 Å². The first kappa shape index (κ1) is 16.3. The van der Waals surface area contributed by atoms with E-state index in [2.05, 4.69) is 60.7 Å². The summed E-state index contributed by atoms with van der Waals surface area (Å²) < 4.78 is 5.97. The van der Waals surface area contributed by atoms with Gasteiger partial charge in [-0.1, -0.05) is 84.9 Å². The molecule has 0 atom stereocenters. The van der Waals surface area contributed by atoms with Crippen LogP contribution in [0.4, 0.5) is 0 Å². The monoisotopic (exact) mass is 339 g/mol. The summed E-state index contributed by atoms with van der Waals surface area (Å²) in [4.78, 5) is 4.93. The van der Waals surface area contributed by atoms with Crippen molar-refractivity contribution in [1.82, 2.24) is 4.98 Å². The van der Waals surface area contributed by atoms with Crippen LogP contribution in [0.2, 0.25) is 0 Å². The third-order valence-electron chi connectivity index (χ3n) is 4.53. The van der Waals surface area contributed by atoms with Gasteiger partial charge < -0.3 is 4.74 Å². The van der Waals surface area contributed by atoms with Crippen LogP contribution in [0.25, 0.3) is 22.0 Å². The van der Waals surface area contributed by atoms with E-state index in [0.29, 0.717) is 6.61 Å². The van der Waals surface area contributed by atoms with Crippen LogP contribution in [0.15, 0.2) is 84.9 Å². The second-order valence-corrected chi connectivity index (χ2v) is 6.25. The zero-order chi connectivity index (χ0) is 17.8. The van der Waals surface area contributed by atoms with E-state index >= 15 is 0 Å². The Hall–Kier alpha value is -3.13. The molecule has 0 fully saturated rings. The van der Waals surface area contributed by atoms with Gasteiger partial charge in [-0.3, -0.25) is 0 Å². The van der Waals surface area contributed by atoms with Crippen molar-refractivity contribution in [2.24, 2.45) is 0 Å². The molecular formula is C24H21NO. The summed E-state index contributed by atoms with van der Waals surface area (Å²) >= 11 is 0. The fraction of sp³-hybridized carbons (Fsp3) is 0.125. The maximum absolute atomic E-state index is 5.97. The van der Waals surface area contributed by atoms with Crippen LogP contribution in [0.5, 0.6) is 5.88 Å². The molecule has 1 aromatic heterocycles. The molecule has 0 saturated heterocycles. The summed E-state index contributed by atoms with van der Waals surface area (Å²) in [5.74, 6) is 0.730. The first-order valence-corrected chi connectivity index (χ1v) is 9.00. The van der Waals surface area contributed by atoms with E-state index in [9.17, 15) is 0 Å². The number of fused-ring (bicyclic) bond motifs is 1. The molecule has 0 N–H and O–H groups in total. The van der Waals surface area contributed by atoms with Gasteiger partial charge in [0.1, 0.15) is 0 Å². The third kappa shape index (κ3) is 3.18. The van der Waals surface area contributed by atoms with Crippen molar-refractivity contribution < 1.29 is 4.74 Å². The van der Waals surface area contributed by atoms with Gasteiger partial charge in [0.05, 0.1) is 12.3 Å². The molecule has 0 aliphatic carbocycles. The lowest BCUT2D eigenvalue weighted by Gasteiger charge is -2.16. The molecule has 128 valence electrons. The Morgan fingerprint density at radius 1 is 0.731 bits per heavy atom. The number of rotatable bonds is 5. The highest BCUT2D eigenvalue weighted by molar-refractivity contribution is 5.97. The van der Waals surface area contributed by atoms with Crippen molar-refractivity contribution in [2.75, 3.05) is 6.61 Å². The molecule has 2 nitrogen and oxygen atoms in total. The van der Waals surface area contributed by atoms with Crippen molar-refractivity contribution in [3.05, 3.63) is 96.1 Å². The van der Waals surface area contributed by atoms with Crippen LogP contribution >= 0.6 is 0 Å². The average Bonchev–Trinajstić information content (AvgIpc) is 2.71. The van der Waals surface area contributed by atoms with Crippen LogP contribution in [-0.2, 0) is 6.42 Å². The summed E-state index contributed by atoms with van der Waals surface area (Å²) in [5, 5.41) is 2.36. The molecule has 0 bridgehead atoms. The predicted octanol–water partition coefficient (Wildman–Crippen LogP) is 5.89. The minimum atomic E-state index is 0.599. The van der Waals surface area contributed by atoms with Crippen LogP contribution in [-0.4, -0.2) is 11.6 Å². The Morgan fingerprint density at radius 3 is 2.04 bits per heavy atom. The number of pyridine rings is 1. The van der Waals surface area contributed by atoms with Gasteiger partial charge in [0.25, 0.3) is 0 Å². The quantitative estimate of drug-likeness (QED) is 0.452. The third-order valence-corrected chi connectivity index (χ3v) is 4.53. The fourth-order valence-electron chi connectivity index (χ4n) is 3.34. The molecule has 2 heteroatoms. The first-order chi connectivity index (χ1) is 12.9. The van der Waals surface area contributed by atoms with Gasteiger partial charge in [0, 0.05) is 22.9 Å². The van der Waals surface area contributed by atoms with Gasteiger partial charge in [-0.15, -0.1) is 0 Å². The van der Waals surface area contributed by atoms with Crippen molar-refractivity contribution in [3.63, 3.8) is 0 Å².